The third-order valence-corrected chi connectivity index (χ3v) is 4.26. The number of nitrogens with zero attached hydrogens (tertiary/aromatic N) is 1. The number of hydrogen-bond donors (Lipinski definition) is 2. The summed E-state index contributed by atoms with van der Waals surface area (Å²) in [7, 11) is 0. The molecular formula is C18H24F2N2O2. The van der Waals surface area contributed by atoms with Gasteiger partial charge in [0.15, 0.2) is 0 Å². The van der Waals surface area contributed by atoms with Gasteiger partial charge < -0.3 is 15.3 Å². The predicted octanol–water partition coefficient (Wildman–Crippen LogP) is 2.19. The number of nitrogens with one attached hydrogen (secondary N) is 1. The number of halogens is 2. The van der Waals surface area contributed by atoms with E-state index in [0.717, 1.165) is 56.1 Å². The Bertz CT molecular complexity index is 564. The van der Waals surface area contributed by atoms with Crippen LogP contribution in [0.1, 0.15) is 25.3 Å². The summed E-state index contributed by atoms with van der Waals surface area (Å²) in [5.41, 5.74) is -0.254. The Labute approximate surface area is 141 Å². The monoisotopic (exact) mass is 338 g/mol. The molecule has 1 amide bonds. The number of aliphatic hydroxyl groups excluding tert-OH is 1. The molecule has 0 aromatic heterocycles. The smallest absolute Gasteiger partial charge is 0.244 e. The highest BCUT2D eigenvalue weighted by atomic mass is 19.1. The van der Waals surface area contributed by atoms with Gasteiger partial charge in [-0.3, -0.25) is 4.79 Å². The Hall–Kier alpha value is -1.79. The molecule has 0 saturated carbocycles. The normalized spacial score (nSPS) is 18.0. The summed E-state index contributed by atoms with van der Waals surface area (Å²) in [6.45, 7) is 4.75. The van der Waals surface area contributed by atoms with Crippen LogP contribution in [0.3, 0.4) is 0 Å². The van der Waals surface area contributed by atoms with Crippen molar-refractivity contribution < 1.29 is 18.7 Å². The van der Waals surface area contributed by atoms with Gasteiger partial charge in [0.1, 0.15) is 11.6 Å². The highest BCUT2D eigenvalue weighted by molar-refractivity contribution is 5.91. The Kier molecular flexibility index (Phi) is 6.87. The van der Waals surface area contributed by atoms with E-state index in [1.54, 1.807) is 0 Å². The summed E-state index contributed by atoms with van der Waals surface area (Å²) in [5.74, 6) is -1.22. The summed E-state index contributed by atoms with van der Waals surface area (Å²) >= 11 is 0. The van der Waals surface area contributed by atoms with Crippen molar-refractivity contribution in [3.8, 4) is 0 Å². The maximum atomic E-state index is 13.4. The van der Waals surface area contributed by atoms with E-state index in [4.69, 9.17) is 0 Å². The molecule has 132 valence electrons. The molecule has 2 rings (SSSR count). The van der Waals surface area contributed by atoms with Gasteiger partial charge in [0.05, 0.1) is 6.10 Å². The minimum Gasteiger partial charge on any atom is -0.390 e. The maximum absolute atomic E-state index is 13.4. The van der Waals surface area contributed by atoms with Gasteiger partial charge in [-0.05, 0) is 50.1 Å². The van der Waals surface area contributed by atoms with Crippen LogP contribution in [0.25, 0.3) is 6.08 Å². The summed E-state index contributed by atoms with van der Waals surface area (Å²) < 4.78 is 26.9. The maximum Gasteiger partial charge on any atom is 0.244 e. The number of carbonyl (C=O) groups excluding carboxylic acids is 1. The lowest BCUT2D eigenvalue weighted by Crippen LogP contribution is -2.42. The number of benzene rings is 1. The molecule has 1 aliphatic heterocycles. The van der Waals surface area contributed by atoms with Gasteiger partial charge in [-0.15, -0.1) is 0 Å². The van der Waals surface area contributed by atoms with Crippen LogP contribution in [0.2, 0.25) is 0 Å². The van der Waals surface area contributed by atoms with Crippen molar-refractivity contribution in [2.24, 2.45) is 5.92 Å². The molecule has 1 fully saturated rings. The molecule has 0 radical (unpaired) electrons. The average Bonchev–Trinajstić information content (AvgIpc) is 2.54. The first-order valence-corrected chi connectivity index (χ1v) is 8.26. The van der Waals surface area contributed by atoms with Crippen LogP contribution < -0.4 is 5.32 Å². The van der Waals surface area contributed by atoms with Gasteiger partial charge in [0.25, 0.3) is 0 Å². The van der Waals surface area contributed by atoms with E-state index in [2.05, 4.69) is 17.1 Å². The van der Waals surface area contributed by atoms with Crippen LogP contribution in [-0.2, 0) is 4.79 Å². The van der Waals surface area contributed by atoms with E-state index < -0.39 is 23.6 Å². The van der Waals surface area contributed by atoms with E-state index in [-0.39, 0.29) is 12.1 Å². The molecule has 0 aliphatic carbocycles. The molecule has 1 atom stereocenters. The SMILES string of the molecule is CC1CCN(CC(O)CNC(=O)/C=C/c2c(F)cccc2F)CC1. The van der Waals surface area contributed by atoms with E-state index in [1.165, 1.54) is 6.07 Å². The molecule has 1 aromatic carbocycles. The van der Waals surface area contributed by atoms with Crippen LogP contribution >= 0.6 is 0 Å². The molecule has 6 heteroatoms. The quantitative estimate of drug-likeness (QED) is 0.782. The van der Waals surface area contributed by atoms with Crippen molar-refractivity contribution in [2.75, 3.05) is 26.2 Å². The van der Waals surface area contributed by atoms with Gasteiger partial charge in [-0.1, -0.05) is 13.0 Å². The molecule has 1 saturated heterocycles. The highest BCUT2D eigenvalue weighted by Gasteiger charge is 2.18. The van der Waals surface area contributed by atoms with Crippen LogP contribution in [0.4, 0.5) is 8.78 Å². The van der Waals surface area contributed by atoms with Gasteiger partial charge in [0.2, 0.25) is 5.91 Å². The van der Waals surface area contributed by atoms with Crippen molar-refractivity contribution in [3.63, 3.8) is 0 Å². The Balaban J connectivity index is 1.75. The highest BCUT2D eigenvalue weighted by Crippen LogP contribution is 2.16. The number of likely N-dealkylation sites (tertiary alicyclic amines) is 1. The molecule has 24 heavy (non-hydrogen) atoms. The van der Waals surface area contributed by atoms with Crippen molar-refractivity contribution in [1.29, 1.82) is 0 Å². The predicted molar refractivity (Wildman–Crippen MR) is 89.2 cm³/mol. The van der Waals surface area contributed by atoms with E-state index >= 15 is 0 Å². The number of aliphatic hydroxyl groups is 1. The summed E-state index contributed by atoms with van der Waals surface area (Å²) in [6.07, 6.45) is 3.74. The second-order valence-electron chi connectivity index (χ2n) is 6.35. The van der Waals surface area contributed by atoms with Crippen molar-refractivity contribution in [3.05, 3.63) is 41.5 Å². The first kappa shape index (κ1) is 18.5. The zero-order valence-electron chi connectivity index (χ0n) is 13.8. The Morgan fingerprint density at radius 3 is 2.62 bits per heavy atom. The van der Waals surface area contributed by atoms with E-state index in [1.807, 2.05) is 0 Å². The fourth-order valence-corrected chi connectivity index (χ4v) is 2.71. The minimum absolute atomic E-state index is 0.106. The third kappa shape index (κ3) is 5.69. The molecule has 0 spiro atoms. The standard InChI is InChI=1S/C18H24F2N2O2/c1-13-7-9-22(10-8-13)12-14(23)11-21-18(24)6-5-15-16(19)3-2-4-17(15)20/h2-6,13-14,23H,7-12H2,1H3,(H,21,24)/b6-5+. The minimum atomic E-state index is -0.724. The van der Waals surface area contributed by atoms with Crippen LogP contribution in [0.5, 0.6) is 0 Å². The Morgan fingerprint density at radius 1 is 1.38 bits per heavy atom. The molecule has 1 heterocycles. The van der Waals surface area contributed by atoms with Crippen molar-refractivity contribution >= 4 is 12.0 Å². The number of β-amino-alcohol motifs (C(OH)–C–C–N with tert-alkyl or cyclic N) is 1. The second-order valence-corrected chi connectivity index (χ2v) is 6.35. The molecule has 1 aliphatic rings. The molecule has 0 bridgehead atoms. The molecule has 4 nitrogen and oxygen atoms in total. The number of piperidine rings is 1. The fraction of sp³-hybridized carbons (Fsp3) is 0.500. The fourth-order valence-electron chi connectivity index (χ4n) is 2.71. The van der Waals surface area contributed by atoms with E-state index in [9.17, 15) is 18.7 Å². The third-order valence-electron chi connectivity index (χ3n) is 4.26. The summed E-state index contributed by atoms with van der Waals surface area (Å²) in [4.78, 5) is 13.9. The Morgan fingerprint density at radius 2 is 2.00 bits per heavy atom. The van der Waals surface area contributed by atoms with E-state index in [0.29, 0.717) is 6.54 Å². The largest absolute Gasteiger partial charge is 0.390 e. The molecule has 1 aromatic rings. The lowest BCUT2D eigenvalue weighted by atomic mass is 9.99. The van der Waals surface area contributed by atoms with Crippen LogP contribution in [-0.4, -0.2) is 48.2 Å². The van der Waals surface area contributed by atoms with Gasteiger partial charge in [-0.25, -0.2) is 8.78 Å². The topological polar surface area (TPSA) is 52.6 Å². The molecule has 2 N–H and O–H groups in total. The van der Waals surface area contributed by atoms with Crippen molar-refractivity contribution in [2.45, 2.75) is 25.9 Å². The number of rotatable bonds is 6. The lowest BCUT2D eigenvalue weighted by Gasteiger charge is -2.31. The average molecular weight is 338 g/mol. The van der Waals surface area contributed by atoms with Gasteiger partial charge in [0, 0.05) is 24.7 Å². The number of hydrogen-bond acceptors (Lipinski definition) is 3. The summed E-state index contributed by atoms with van der Waals surface area (Å²) in [5, 5.41) is 12.5. The first-order valence-electron chi connectivity index (χ1n) is 8.26. The number of carbonyl (C=O) groups is 1. The van der Waals surface area contributed by atoms with Crippen LogP contribution in [0.15, 0.2) is 24.3 Å². The van der Waals surface area contributed by atoms with Crippen LogP contribution in [0, 0.1) is 17.6 Å². The summed E-state index contributed by atoms with van der Waals surface area (Å²) in [6, 6.07) is 3.52. The first-order chi connectivity index (χ1) is 11.5. The van der Waals surface area contributed by atoms with Gasteiger partial charge in [-0.2, -0.15) is 0 Å². The lowest BCUT2D eigenvalue weighted by molar-refractivity contribution is -0.116. The number of amides is 1. The molecule has 1 unspecified atom stereocenters. The zero-order valence-corrected chi connectivity index (χ0v) is 13.8. The van der Waals surface area contributed by atoms with Crippen molar-refractivity contribution in [1.82, 2.24) is 10.2 Å². The molecular weight excluding hydrogens is 314 g/mol. The zero-order chi connectivity index (χ0) is 17.5. The second kappa shape index (κ2) is 8.89. The van der Waals surface area contributed by atoms with Gasteiger partial charge >= 0.3 is 0 Å².